The van der Waals surface area contributed by atoms with E-state index >= 15 is 0 Å². The number of methoxy groups -OCH3 is 1. The summed E-state index contributed by atoms with van der Waals surface area (Å²) in [6, 6.07) is 20.9. The van der Waals surface area contributed by atoms with Crippen LogP contribution in [0.2, 0.25) is 0 Å². The Morgan fingerprint density at radius 3 is 2.62 bits per heavy atom. The van der Waals surface area contributed by atoms with E-state index in [2.05, 4.69) is 25.5 Å². The molecule has 7 nitrogen and oxygen atoms in total. The molecule has 0 unspecified atom stereocenters. The number of hydrogen-bond acceptors (Lipinski definition) is 5. The molecule has 0 spiro atoms. The molecule has 0 aliphatic rings. The SMILES string of the molecule is COc1cccc(-c2cc(C(=O)NCc3cc(-c4ccccc4)ncn3)[nH]n2)c1. The highest BCUT2D eigenvalue weighted by Gasteiger charge is 2.12. The third-order valence-electron chi connectivity index (χ3n) is 4.41. The van der Waals surface area contributed by atoms with E-state index in [9.17, 15) is 4.79 Å². The first-order valence-electron chi connectivity index (χ1n) is 9.07. The Hall–Kier alpha value is -4.00. The Labute approximate surface area is 167 Å². The van der Waals surface area contributed by atoms with Gasteiger partial charge < -0.3 is 10.1 Å². The van der Waals surface area contributed by atoms with Crippen LogP contribution in [0.5, 0.6) is 5.75 Å². The van der Waals surface area contributed by atoms with Crippen molar-refractivity contribution in [1.82, 2.24) is 25.5 Å². The van der Waals surface area contributed by atoms with Crippen molar-refractivity contribution >= 4 is 5.91 Å². The summed E-state index contributed by atoms with van der Waals surface area (Å²) in [5.74, 6) is 0.473. The topological polar surface area (TPSA) is 92.8 Å². The maximum atomic E-state index is 12.5. The van der Waals surface area contributed by atoms with Crippen LogP contribution in [0.25, 0.3) is 22.5 Å². The Kier molecular flexibility index (Phi) is 5.29. The minimum Gasteiger partial charge on any atom is -0.497 e. The van der Waals surface area contributed by atoms with Crippen LogP contribution in [-0.2, 0) is 6.54 Å². The van der Waals surface area contributed by atoms with Gasteiger partial charge in [-0.15, -0.1) is 0 Å². The third kappa shape index (κ3) is 4.30. The van der Waals surface area contributed by atoms with Crippen LogP contribution < -0.4 is 10.1 Å². The smallest absolute Gasteiger partial charge is 0.269 e. The number of amides is 1. The van der Waals surface area contributed by atoms with Crippen molar-refractivity contribution in [2.24, 2.45) is 0 Å². The standard InChI is InChI=1S/C22H19N5O2/c1-29-18-9-5-8-16(10-18)20-12-21(27-26-20)22(28)23-13-17-11-19(25-14-24-17)15-6-3-2-4-7-15/h2-12,14H,13H2,1H3,(H,23,28)(H,26,27). The van der Waals surface area contributed by atoms with Crippen LogP contribution in [-0.4, -0.2) is 33.2 Å². The largest absolute Gasteiger partial charge is 0.497 e. The van der Waals surface area contributed by atoms with E-state index in [0.29, 0.717) is 11.4 Å². The number of aromatic nitrogens is 4. The summed E-state index contributed by atoms with van der Waals surface area (Å²) in [5.41, 5.74) is 4.44. The number of carbonyl (C=O) groups excluding carboxylic acids is 1. The van der Waals surface area contributed by atoms with Crippen LogP contribution in [0.4, 0.5) is 0 Å². The van der Waals surface area contributed by atoms with Gasteiger partial charge in [0.25, 0.3) is 5.91 Å². The van der Waals surface area contributed by atoms with Gasteiger partial charge in [0.15, 0.2) is 0 Å². The number of H-pyrrole nitrogens is 1. The number of carbonyl (C=O) groups is 1. The molecule has 0 saturated heterocycles. The van der Waals surface area contributed by atoms with Gasteiger partial charge >= 0.3 is 0 Å². The molecule has 29 heavy (non-hydrogen) atoms. The van der Waals surface area contributed by atoms with Crippen LogP contribution in [0.1, 0.15) is 16.2 Å². The van der Waals surface area contributed by atoms with Gasteiger partial charge in [-0.3, -0.25) is 9.89 Å². The molecule has 0 atom stereocenters. The van der Waals surface area contributed by atoms with Gasteiger partial charge in [0, 0.05) is 11.1 Å². The van der Waals surface area contributed by atoms with Gasteiger partial charge in [-0.05, 0) is 24.3 Å². The number of nitrogens with one attached hydrogen (secondary N) is 2. The zero-order valence-electron chi connectivity index (χ0n) is 15.8. The zero-order valence-corrected chi connectivity index (χ0v) is 15.8. The van der Waals surface area contributed by atoms with Gasteiger partial charge in [-0.25, -0.2) is 9.97 Å². The molecule has 0 fully saturated rings. The zero-order chi connectivity index (χ0) is 20.1. The summed E-state index contributed by atoms with van der Waals surface area (Å²) in [6.45, 7) is 0.286. The molecule has 0 bridgehead atoms. The van der Waals surface area contributed by atoms with Gasteiger partial charge in [-0.1, -0.05) is 42.5 Å². The summed E-state index contributed by atoms with van der Waals surface area (Å²) in [5, 5.41) is 9.86. The summed E-state index contributed by atoms with van der Waals surface area (Å²) in [4.78, 5) is 21.0. The van der Waals surface area contributed by atoms with Gasteiger partial charge in [0.05, 0.1) is 30.7 Å². The van der Waals surface area contributed by atoms with E-state index in [4.69, 9.17) is 4.74 Å². The molecule has 2 heterocycles. The maximum Gasteiger partial charge on any atom is 0.269 e. The quantitative estimate of drug-likeness (QED) is 0.530. The Balaban J connectivity index is 1.44. The van der Waals surface area contributed by atoms with Gasteiger partial charge in [0.2, 0.25) is 0 Å². The van der Waals surface area contributed by atoms with E-state index in [0.717, 1.165) is 28.3 Å². The molecule has 144 valence electrons. The molecular formula is C22H19N5O2. The highest BCUT2D eigenvalue weighted by molar-refractivity contribution is 5.93. The second-order valence-electron chi connectivity index (χ2n) is 6.34. The molecule has 2 aromatic carbocycles. The lowest BCUT2D eigenvalue weighted by molar-refractivity contribution is 0.0945. The predicted molar refractivity (Wildman–Crippen MR) is 109 cm³/mol. The van der Waals surface area contributed by atoms with Crippen molar-refractivity contribution in [3.8, 4) is 28.3 Å². The summed E-state index contributed by atoms with van der Waals surface area (Å²) >= 11 is 0. The molecule has 0 aliphatic heterocycles. The van der Waals surface area contributed by atoms with E-state index < -0.39 is 0 Å². The molecule has 0 saturated carbocycles. The first-order chi connectivity index (χ1) is 14.2. The van der Waals surface area contributed by atoms with Crippen molar-refractivity contribution in [3.05, 3.63) is 84.4 Å². The third-order valence-corrected chi connectivity index (χ3v) is 4.41. The van der Waals surface area contributed by atoms with E-state index in [1.54, 1.807) is 13.2 Å². The minimum absolute atomic E-state index is 0.258. The van der Waals surface area contributed by atoms with Gasteiger partial charge in [-0.2, -0.15) is 5.10 Å². The lowest BCUT2D eigenvalue weighted by Gasteiger charge is -2.05. The highest BCUT2D eigenvalue weighted by atomic mass is 16.5. The summed E-state index contributed by atoms with van der Waals surface area (Å²) < 4.78 is 5.23. The molecule has 7 heteroatoms. The van der Waals surface area contributed by atoms with E-state index in [-0.39, 0.29) is 12.5 Å². The fraction of sp³-hybridized carbons (Fsp3) is 0.0909. The second-order valence-corrected chi connectivity index (χ2v) is 6.34. The Morgan fingerprint density at radius 1 is 0.966 bits per heavy atom. The first-order valence-corrected chi connectivity index (χ1v) is 9.07. The predicted octanol–water partition coefficient (Wildman–Crippen LogP) is 3.47. The maximum absolute atomic E-state index is 12.5. The normalized spacial score (nSPS) is 10.5. The minimum atomic E-state index is -0.258. The van der Waals surface area contributed by atoms with Crippen LogP contribution in [0, 0.1) is 0 Å². The number of rotatable bonds is 6. The lowest BCUT2D eigenvalue weighted by Crippen LogP contribution is -2.23. The number of benzene rings is 2. The van der Waals surface area contributed by atoms with Crippen LogP contribution in [0.3, 0.4) is 0 Å². The summed E-state index contributed by atoms with van der Waals surface area (Å²) in [6.07, 6.45) is 1.50. The number of aromatic amines is 1. The fourth-order valence-corrected chi connectivity index (χ4v) is 2.90. The molecule has 2 N–H and O–H groups in total. The van der Waals surface area contributed by atoms with E-state index in [1.807, 2.05) is 60.7 Å². The first kappa shape index (κ1) is 18.4. The van der Waals surface area contributed by atoms with Crippen molar-refractivity contribution in [2.45, 2.75) is 6.54 Å². The average molecular weight is 385 g/mol. The monoisotopic (exact) mass is 385 g/mol. The molecule has 0 aliphatic carbocycles. The Morgan fingerprint density at radius 2 is 1.79 bits per heavy atom. The second kappa shape index (κ2) is 8.35. The lowest BCUT2D eigenvalue weighted by atomic mass is 10.1. The Bertz CT molecular complexity index is 1120. The van der Waals surface area contributed by atoms with Crippen molar-refractivity contribution in [2.75, 3.05) is 7.11 Å². The van der Waals surface area contributed by atoms with Crippen LogP contribution in [0.15, 0.2) is 73.1 Å². The molecule has 0 radical (unpaired) electrons. The summed E-state index contributed by atoms with van der Waals surface area (Å²) in [7, 11) is 1.61. The highest BCUT2D eigenvalue weighted by Crippen LogP contribution is 2.22. The number of ether oxygens (including phenoxy) is 1. The fourth-order valence-electron chi connectivity index (χ4n) is 2.90. The van der Waals surface area contributed by atoms with E-state index in [1.165, 1.54) is 6.33 Å². The molecule has 1 amide bonds. The van der Waals surface area contributed by atoms with Crippen molar-refractivity contribution in [1.29, 1.82) is 0 Å². The van der Waals surface area contributed by atoms with Crippen molar-refractivity contribution < 1.29 is 9.53 Å². The van der Waals surface area contributed by atoms with Gasteiger partial charge in [0.1, 0.15) is 17.8 Å². The molecule has 4 aromatic rings. The van der Waals surface area contributed by atoms with Crippen molar-refractivity contribution in [3.63, 3.8) is 0 Å². The van der Waals surface area contributed by atoms with Crippen LogP contribution >= 0.6 is 0 Å². The number of hydrogen-bond donors (Lipinski definition) is 2. The molecule has 2 aromatic heterocycles. The number of nitrogens with zero attached hydrogens (tertiary/aromatic N) is 3. The molecule has 4 rings (SSSR count). The molecular weight excluding hydrogens is 366 g/mol. The average Bonchev–Trinajstić information content (AvgIpc) is 3.29.